The van der Waals surface area contributed by atoms with Crippen molar-refractivity contribution in [3.63, 3.8) is 0 Å². The second kappa shape index (κ2) is 7.67. The van der Waals surface area contributed by atoms with Crippen molar-refractivity contribution in [2.24, 2.45) is 0 Å². The lowest BCUT2D eigenvalue weighted by molar-refractivity contribution is 0.0975. The number of Topliss-reactive ketones (excluding diaryl/α,β-unsaturated/α-hetero) is 1. The van der Waals surface area contributed by atoms with Gasteiger partial charge in [0, 0.05) is 18.6 Å². The summed E-state index contributed by atoms with van der Waals surface area (Å²) in [7, 11) is 0. The van der Waals surface area contributed by atoms with Gasteiger partial charge in [-0.2, -0.15) is 0 Å². The third-order valence-corrected chi connectivity index (χ3v) is 2.58. The fourth-order valence-electron chi connectivity index (χ4n) is 1.78. The Bertz CT molecular complexity index is 426. The Kier molecular flexibility index (Phi) is 6.19. The van der Waals surface area contributed by atoms with E-state index in [0.717, 1.165) is 12.8 Å². The number of aromatic hydroxyl groups is 1. The predicted octanol–water partition coefficient (Wildman–Crippen LogP) is 3.56. The molecule has 1 aromatic rings. The van der Waals surface area contributed by atoms with Gasteiger partial charge in [0.1, 0.15) is 22.8 Å². The first-order chi connectivity index (χ1) is 9.13. The summed E-state index contributed by atoms with van der Waals surface area (Å²) in [6, 6.07) is 3.13. The molecule has 4 nitrogen and oxygen atoms in total. The van der Waals surface area contributed by atoms with Gasteiger partial charge in [-0.3, -0.25) is 4.79 Å². The lowest BCUT2D eigenvalue weighted by atomic mass is 10.0. The standard InChI is InChI=1S/C15H22O4/c1-4-7-12(16)15-13(17)9-11(18-6-3)10-14(15)19-8-5-2/h9-10,17H,4-8H2,1-3H3. The molecule has 0 bridgehead atoms. The third kappa shape index (κ3) is 4.16. The van der Waals surface area contributed by atoms with Crippen LogP contribution in [-0.4, -0.2) is 24.1 Å². The monoisotopic (exact) mass is 266 g/mol. The van der Waals surface area contributed by atoms with Crippen molar-refractivity contribution in [1.82, 2.24) is 0 Å². The van der Waals surface area contributed by atoms with E-state index in [1.807, 2.05) is 20.8 Å². The number of phenolic OH excluding ortho intramolecular Hbond substituents is 1. The fraction of sp³-hybridized carbons (Fsp3) is 0.533. The zero-order valence-corrected chi connectivity index (χ0v) is 11.9. The average molecular weight is 266 g/mol. The Morgan fingerprint density at radius 1 is 1.16 bits per heavy atom. The highest BCUT2D eigenvalue weighted by atomic mass is 16.5. The number of phenols is 1. The summed E-state index contributed by atoms with van der Waals surface area (Å²) in [5.41, 5.74) is 0.263. The van der Waals surface area contributed by atoms with Crippen LogP contribution in [0.4, 0.5) is 0 Å². The molecule has 0 aliphatic rings. The van der Waals surface area contributed by atoms with Crippen LogP contribution in [0.25, 0.3) is 0 Å². The summed E-state index contributed by atoms with van der Waals surface area (Å²) >= 11 is 0. The quantitative estimate of drug-likeness (QED) is 0.731. The van der Waals surface area contributed by atoms with Crippen molar-refractivity contribution in [1.29, 1.82) is 0 Å². The van der Waals surface area contributed by atoms with Crippen LogP contribution in [0.1, 0.15) is 50.4 Å². The van der Waals surface area contributed by atoms with Gasteiger partial charge < -0.3 is 14.6 Å². The molecular formula is C15H22O4. The topological polar surface area (TPSA) is 55.8 Å². The minimum atomic E-state index is -0.103. The Balaban J connectivity index is 3.14. The number of benzene rings is 1. The van der Waals surface area contributed by atoms with Crippen LogP contribution in [0.15, 0.2) is 12.1 Å². The summed E-state index contributed by atoms with van der Waals surface area (Å²) in [5.74, 6) is 0.743. The van der Waals surface area contributed by atoms with E-state index in [9.17, 15) is 9.90 Å². The van der Waals surface area contributed by atoms with E-state index in [1.165, 1.54) is 6.07 Å². The number of hydrogen-bond donors (Lipinski definition) is 1. The third-order valence-electron chi connectivity index (χ3n) is 2.58. The van der Waals surface area contributed by atoms with Gasteiger partial charge in [0.15, 0.2) is 5.78 Å². The number of carbonyl (C=O) groups excluding carboxylic acids is 1. The van der Waals surface area contributed by atoms with Crippen LogP contribution in [-0.2, 0) is 0 Å². The summed E-state index contributed by atoms with van der Waals surface area (Å²) in [4.78, 5) is 12.0. The summed E-state index contributed by atoms with van der Waals surface area (Å²) in [6.07, 6.45) is 1.96. The number of carbonyl (C=O) groups is 1. The molecule has 0 amide bonds. The molecule has 0 unspecified atom stereocenters. The first-order valence-corrected chi connectivity index (χ1v) is 6.79. The molecule has 4 heteroatoms. The Labute approximate surface area is 114 Å². The Morgan fingerprint density at radius 3 is 2.47 bits per heavy atom. The maximum atomic E-state index is 12.0. The summed E-state index contributed by atoms with van der Waals surface area (Å²) < 4.78 is 10.9. The van der Waals surface area contributed by atoms with Crippen molar-refractivity contribution >= 4 is 5.78 Å². The zero-order chi connectivity index (χ0) is 14.3. The highest BCUT2D eigenvalue weighted by molar-refractivity contribution is 6.01. The lowest BCUT2D eigenvalue weighted by Crippen LogP contribution is -2.06. The lowest BCUT2D eigenvalue weighted by Gasteiger charge is -2.14. The van der Waals surface area contributed by atoms with E-state index < -0.39 is 0 Å². The van der Waals surface area contributed by atoms with Crippen LogP contribution in [0.3, 0.4) is 0 Å². The smallest absolute Gasteiger partial charge is 0.170 e. The molecule has 106 valence electrons. The average Bonchev–Trinajstić information content (AvgIpc) is 2.36. The van der Waals surface area contributed by atoms with Gasteiger partial charge >= 0.3 is 0 Å². The van der Waals surface area contributed by atoms with Crippen LogP contribution in [0.5, 0.6) is 17.2 Å². The molecule has 0 spiro atoms. The van der Waals surface area contributed by atoms with E-state index in [0.29, 0.717) is 31.1 Å². The van der Waals surface area contributed by atoms with Crippen LogP contribution in [0.2, 0.25) is 0 Å². The molecule has 0 atom stereocenters. The van der Waals surface area contributed by atoms with Crippen molar-refractivity contribution < 1.29 is 19.4 Å². The molecule has 0 aromatic heterocycles. The number of hydrogen-bond acceptors (Lipinski definition) is 4. The normalized spacial score (nSPS) is 10.3. The number of ketones is 1. The predicted molar refractivity (Wildman–Crippen MR) is 74.3 cm³/mol. The SMILES string of the molecule is CCCOc1cc(OCC)cc(O)c1C(=O)CCC. The second-order valence-electron chi connectivity index (χ2n) is 4.27. The highest BCUT2D eigenvalue weighted by Crippen LogP contribution is 2.34. The maximum absolute atomic E-state index is 12.0. The molecule has 1 aromatic carbocycles. The van der Waals surface area contributed by atoms with Gasteiger partial charge in [0.05, 0.1) is 13.2 Å². The Morgan fingerprint density at radius 2 is 1.89 bits per heavy atom. The van der Waals surface area contributed by atoms with Crippen molar-refractivity contribution in [3.05, 3.63) is 17.7 Å². The molecule has 0 radical (unpaired) electrons. The Hall–Kier alpha value is -1.71. The van der Waals surface area contributed by atoms with Gasteiger partial charge in [0.2, 0.25) is 0 Å². The summed E-state index contributed by atoms with van der Waals surface area (Å²) in [6.45, 7) is 6.77. The van der Waals surface area contributed by atoms with E-state index in [4.69, 9.17) is 9.47 Å². The highest BCUT2D eigenvalue weighted by Gasteiger charge is 2.19. The largest absolute Gasteiger partial charge is 0.507 e. The van der Waals surface area contributed by atoms with Crippen LogP contribution >= 0.6 is 0 Å². The van der Waals surface area contributed by atoms with E-state index in [1.54, 1.807) is 6.07 Å². The minimum absolute atomic E-state index is 0.0736. The molecule has 1 rings (SSSR count). The fourth-order valence-corrected chi connectivity index (χ4v) is 1.78. The molecule has 0 fully saturated rings. The first-order valence-electron chi connectivity index (χ1n) is 6.79. The van der Waals surface area contributed by atoms with Crippen molar-refractivity contribution in [3.8, 4) is 17.2 Å². The van der Waals surface area contributed by atoms with Gasteiger partial charge in [-0.25, -0.2) is 0 Å². The second-order valence-corrected chi connectivity index (χ2v) is 4.27. The first kappa shape index (κ1) is 15.3. The van der Waals surface area contributed by atoms with Gasteiger partial charge in [-0.15, -0.1) is 0 Å². The van der Waals surface area contributed by atoms with Gasteiger partial charge in [-0.1, -0.05) is 13.8 Å². The molecule has 0 saturated carbocycles. The van der Waals surface area contributed by atoms with Gasteiger partial charge in [0.25, 0.3) is 0 Å². The number of rotatable bonds is 8. The zero-order valence-electron chi connectivity index (χ0n) is 11.9. The molecular weight excluding hydrogens is 244 g/mol. The summed E-state index contributed by atoms with van der Waals surface area (Å²) in [5, 5.41) is 10.0. The van der Waals surface area contributed by atoms with E-state index in [-0.39, 0.29) is 17.1 Å². The van der Waals surface area contributed by atoms with Crippen LogP contribution in [0, 0.1) is 0 Å². The van der Waals surface area contributed by atoms with Crippen LogP contribution < -0.4 is 9.47 Å². The molecule has 0 saturated heterocycles. The molecule has 0 aliphatic heterocycles. The van der Waals surface area contributed by atoms with Crippen molar-refractivity contribution in [2.75, 3.05) is 13.2 Å². The number of ether oxygens (including phenoxy) is 2. The molecule has 0 heterocycles. The van der Waals surface area contributed by atoms with Gasteiger partial charge in [-0.05, 0) is 19.8 Å². The van der Waals surface area contributed by atoms with E-state index >= 15 is 0 Å². The van der Waals surface area contributed by atoms with E-state index in [2.05, 4.69) is 0 Å². The molecule has 0 aliphatic carbocycles. The minimum Gasteiger partial charge on any atom is -0.507 e. The van der Waals surface area contributed by atoms with Crippen molar-refractivity contribution in [2.45, 2.75) is 40.0 Å². The molecule has 19 heavy (non-hydrogen) atoms. The molecule has 1 N–H and O–H groups in total. The maximum Gasteiger partial charge on any atom is 0.170 e.